The molecule has 0 heterocycles. The molecule has 12 heavy (non-hydrogen) atoms. The van der Waals surface area contributed by atoms with Gasteiger partial charge in [-0.05, 0) is 0 Å². The van der Waals surface area contributed by atoms with Gasteiger partial charge in [0, 0.05) is 26.2 Å². The second kappa shape index (κ2) is 29.6. The van der Waals surface area contributed by atoms with Gasteiger partial charge in [-0.3, -0.25) is 10.9 Å². The van der Waals surface area contributed by atoms with Crippen molar-refractivity contribution in [2.24, 2.45) is 11.5 Å². The summed E-state index contributed by atoms with van der Waals surface area (Å²) in [6, 6.07) is 0. The van der Waals surface area contributed by atoms with E-state index in [-0.39, 0.29) is 49.6 Å². The molecule has 0 radical (unpaired) electrons. The number of nitrogens with two attached hydrogens (primary N) is 2. The summed E-state index contributed by atoms with van der Waals surface area (Å²) in [7, 11) is 0. The SMILES string of the molecule is Cl.Cl.Cl.Cl.NCCNNCCN. The van der Waals surface area contributed by atoms with E-state index < -0.39 is 0 Å². The first-order valence-electron chi connectivity index (χ1n) is 2.77. The molecule has 0 spiro atoms. The second-order valence-corrected chi connectivity index (χ2v) is 1.43. The summed E-state index contributed by atoms with van der Waals surface area (Å²) >= 11 is 0. The van der Waals surface area contributed by atoms with E-state index in [1.54, 1.807) is 0 Å². The number of hydrazine groups is 1. The maximum atomic E-state index is 5.18. The molecule has 0 aliphatic carbocycles. The summed E-state index contributed by atoms with van der Waals surface area (Å²) in [5, 5.41) is 0. The third kappa shape index (κ3) is 30.6. The number of hydrogen-bond donors (Lipinski definition) is 4. The van der Waals surface area contributed by atoms with Crippen molar-refractivity contribution in [3.63, 3.8) is 0 Å². The summed E-state index contributed by atoms with van der Waals surface area (Å²) in [4.78, 5) is 0. The van der Waals surface area contributed by atoms with Crippen molar-refractivity contribution in [3.05, 3.63) is 0 Å². The molecule has 0 aliphatic rings. The topological polar surface area (TPSA) is 76.1 Å². The minimum atomic E-state index is 0. The Kier molecular flexibility index (Phi) is 72.2. The molecule has 82 valence electrons. The molecule has 0 saturated carbocycles. The Balaban J connectivity index is -0.0000000408. The van der Waals surface area contributed by atoms with Crippen molar-refractivity contribution >= 4 is 49.6 Å². The fraction of sp³-hybridized carbons (Fsp3) is 1.00. The van der Waals surface area contributed by atoms with Gasteiger partial charge >= 0.3 is 0 Å². The van der Waals surface area contributed by atoms with Crippen LogP contribution in [0.1, 0.15) is 0 Å². The van der Waals surface area contributed by atoms with E-state index in [2.05, 4.69) is 10.9 Å². The van der Waals surface area contributed by atoms with Gasteiger partial charge in [0.1, 0.15) is 0 Å². The summed E-state index contributed by atoms with van der Waals surface area (Å²) in [6.07, 6.45) is 0. The van der Waals surface area contributed by atoms with Crippen LogP contribution in [-0.2, 0) is 0 Å². The van der Waals surface area contributed by atoms with Gasteiger partial charge < -0.3 is 11.5 Å². The zero-order chi connectivity index (χ0) is 6.24. The average molecular weight is 264 g/mol. The number of rotatable bonds is 5. The van der Waals surface area contributed by atoms with Crippen molar-refractivity contribution in [1.82, 2.24) is 10.9 Å². The van der Waals surface area contributed by atoms with Gasteiger partial charge in [0.15, 0.2) is 0 Å². The van der Waals surface area contributed by atoms with E-state index in [0.717, 1.165) is 13.1 Å². The molecular formula is C4H18Cl4N4. The molecule has 8 heteroatoms. The zero-order valence-electron chi connectivity index (χ0n) is 6.62. The van der Waals surface area contributed by atoms with Gasteiger partial charge in [0.2, 0.25) is 0 Å². The van der Waals surface area contributed by atoms with Crippen LogP contribution in [0.4, 0.5) is 0 Å². The second-order valence-electron chi connectivity index (χ2n) is 1.43. The molecule has 0 aliphatic heterocycles. The average Bonchev–Trinajstić information content (AvgIpc) is 1.81. The highest BCUT2D eigenvalue weighted by molar-refractivity contribution is 5.86. The van der Waals surface area contributed by atoms with E-state index >= 15 is 0 Å². The maximum absolute atomic E-state index is 5.18. The van der Waals surface area contributed by atoms with Crippen molar-refractivity contribution in [2.75, 3.05) is 26.2 Å². The van der Waals surface area contributed by atoms with Crippen molar-refractivity contribution < 1.29 is 0 Å². The molecule has 0 amide bonds. The lowest BCUT2D eigenvalue weighted by molar-refractivity contribution is 0.546. The molecule has 0 bridgehead atoms. The van der Waals surface area contributed by atoms with Crippen LogP contribution in [0.25, 0.3) is 0 Å². The Morgan fingerprint density at radius 3 is 1.08 bits per heavy atom. The standard InChI is InChI=1S/C4H14N4.4ClH/c5-1-3-7-8-4-2-6;;;;/h7-8H,1-6H2;4*1H. The van der Waals surface area contributed by atoms with Gasteiger partial charge in [-0.25, -0.2) is 0 Å². The molecule has 4 nitrogen and oxygen atoms in total. The molecule has 0 fully saturated rings. The van der Waals surface area contributed by atoms with E-state index in [4.69, 9.17) is 11.5 Å². The Morgan fingerprint density at radius 1 is 0.667 bits per heavy atom. The predicted octanol–water partition coefficient (Wildman–Crippen LogP) is -0.315. The van der Waals surface area contributed by atoms with Gasteiger partial charge in [0.25, 0.3) is 0 Å². The van der Waals surface area contributed by atoms with Crippen molar-refractivity contribution in [1.29, 1.82) is 0 Å². The van der Waals surface area contributed by atoms with E-state index in [1.807, 2.05) is 0 Å². The molecule has 0 aromatic rings. The summed E-state index contributed by atoms with van der Waals surface area (Å²) < 4.78 is 0. The van der Waals surface area contributed by atoms with Crippen LogP contribution in [0.2, 0.25) is 0 Å². The Labute approximate surface area is 98.2 Å². The fourth-order valence-electron chi connectivity index (χ4n) is 0.321. The van der Waals surface area contributed by atoms with Crippen molar-refractivity contribution in [3.8, 4) is 0 Å². The number of hydrogen-bond acceptors (Lipinski definition) is 4. The lowest BCUT2D eigenvalue weighted by Gasteiger charge is -2.01. The maximum Gasteiger partial charge on any atom is 0.0223 e. The zero-order valence-corrected chi connectivity index (χ0v) is 9.88. The normalized spacial score (nSPS) is 6.50. The van der Waals surface area contributed by atoms with E-state index in [0.29, 0.717) is 13.1 Å². The quantitative estimate of drug-likeness (QED) is 0.405. The van der Waals surface area contributed by atoms with Crippen LogP contribution in [0.5, 0.6) is 0 Å². The highest BCUT2D eigenvalue weighted by Crippen LogP contribution is 1.46. The fourth-order valence-corrected chi connectivity index (χ4v) is 0.321. The van der Waals surface area contributed by atoms with Gasteiger partial charge in [-0.2, -0.15) is 0 Å². The summed E-state index contributed by atoms with van der Waals surface area (Å²) in [5.74, 6) is 0. The molecule has 0 aromatic heterocycles. The van der Waals surface area contributed by atoms with Gasteiger partial charge in [-0.1, -0.05) is 0 Å². The Hall–Kier alpha value is 1.000. The largest absolute Gasteiger partial charge is 0.329 e. The highest BCUT2D eigenvalue weighted by atomic mass is 35.5. The Bertz CT molecular complexity index is 44.0. The minimum absolute atomic E-state index is 0. The first kappa shape index (κ1) is 29.2. The molecule has 0 aromatic carbocycles. The molecule has 0 rings (SSSR count). The van der Waals surface area contributed by atoms with Crippen LogP contribution >= 0.6 is 49.6 Å². The monoisotopic (exact) mass is 262 g/mol. The van der Waals surface area contributed by atoms with E-state index in [9.17, 15) is 0 Å². The van der Waals surface area contributed by atoms with Crippen molar-refractivity contribution in [2.45, 2.75) is 0 Å². The first-order chi connectivity index (χ1) is 3.91. The van der Waals surface area contributed by atoms with Crippen LogP contribution < -0.4 is 22.3 Å². The number of halogens is 4. The number of nitrogens with one attached hydrogen (secondary N) is 2. The third-order valence-corrected chi connectivity index (χ3v) is 0.664. The lowest BCUT2D eigenvalue weighted by Crippen LogP contribution is -2.38. The molecule has 0 unspecified atom stereocenters. The summed E-state index contributed by atoms with van der Waals surface area (Å²) in [6.45, 7) is 2.88. The Morgan fingerprint density at radius 2 is 0.917 bits per heavy atom. The first-order valence-corrected chi connectivity index (χ1v) is 2.77. The molecule has 0 atom stereocenters. The van der Waals surface area contributed by atoms with Crippen LogP contribution in [0.3, 0.4) is 0 Å². The van der Waals surface area contributed by atoms with E-state index in [1.165, 1.54) is 0 Å². The molecule has 0 saturated heterocycles. The van der Waals surface area contributed by atoms with Crippen LogP contribution in [0.15, 0.2) is 0 Å². The van der Waals surface area contributed by atoms with Gasteiger partial charge in [-0.15, -0.1) is 49.6 Å². The van der Waals surface area contributed by atoms with Crippen LogP contribution in [0, 0.1) is 0 Å². The predicted molar refractivity (Wildman–Crippen MR) is 63.1 cm³/mol. The lowest BCUT2D eigenvalue weighted by atomic mass is 10.6. The third-order valence-electron chi connectivity index (χ3n) is 0.664. The van der Waals surface area contributed by atoms with Crippen LogP contribution in [-0.4, -0.2) is 26.2 Å². The van der Waals surface area contributed by atoms with Gasteiger partial charge in [0.05, 0.1) is 0 Å². The molecule has 6 N–H and O–H groups in total. The molecular weight excluding hydrogens is 246 g/mol. The minimum Gasteiger partial charge on any atom is -0.329 e. The highest BCUT2D eigenvalue weighted by Gasteiger charge is 1.78. The summed E-state index contributed by atoms with van der Waals surface area (Å²) in [5.41, 5.74) is 16.1. The smallest absolute Gasteiger partial charge is 0.0223 e.